The van der Waals surface area contributed by atoms with Crippen molar-refractivity contribution in [2.45, 2.75) is 17.9 Å². The van der Waals surface area contributed by atoms with Crippen LogP contribution in [-0.2, 0) is 23.0 Å². The topological polar surface area (TPSA) is 92.5 Å². The molecule has 0 spiro atoms. The minimum atomic E-state index is -3.65. The van der Waals surface area contributed by atoms with Gasteiger partial charge in [-0.2, -0.15) is 4.31 Å². The second-order valence-corrected chi connectivity index (χ2v) is 9.36. The van der Waals surface area contributed by atoms with E-state index in [-0.39, 0.29) is 17.3 Å². The van der Waals surface area contributed by atoms with Crippen LogP contribution in [0.15, 0.2) is 52.2 Å². The molecule has 140 valence electrons. The number of rotatable bonds is 4. The first-order chi connectivity index (χ1) is 12.9. The molecule has 27 heavy (non-hydrogen) atoms. The lowest BCUT2D eigenvalue weighted by molar-refractivity contribution is 0.102. The summed E-state index contributed by atoms with van der Waals surface area (Å²) >= 11 is 7.20. The smallest absolute Gasteiger partial charge is 0.260 e. The largest absolute Gasteiger partial charge is 0.472 e. The van der Waals surface area contributed by atoms with E-state index in [0.717, 1.165) is 10.6 Å². The van der Waals surface area contributed by atoms with Gasteiger partial charge in [0.05, 0.1) is 29.0 Å². The van der Waals surface area contributed by atoms with Crippen LogP contribution >= 0.6 is 22.9 Å². The van der Waals surface area contributed by atoms with Gasteiger partial charge in [-0.25, -0.2) is 13.4 Å². The Bertz CT molecular complexity index is 1090. The number of amides is 1. The number of fused-ring (bicyclic) bond motifs is 1. The first-order valence-electron chi connectivity index (χ1n) is 8.01. The predicted octanol–water partition coefficient (Wildman–Crippen LogP) is 3.39. The van der Waals surface area contributed by atoms with Crippen LogP contribution < -0.4 is 5.32 Å². The lowest BCUT2D eigenvalue weighted by atomic mass is 10.2. The minimum Gasteiger partial charge on any atom is -0.472 e. The Kier molecular flexibility index (Phi) is 4.77. The van der Waals surface area contributed by atoms with E-state index in [9.17, 15) is 13.2 Å². The second kappa shape index (κ2) is 7.08. The van der Waals surface area contributed by atoms with Gasteiger partial charge < -0.3 is 4.42 Å². The fourth-order valence-corrected chi connectivity index (χ4v) is 5.58. The van der Waals surface area contributed by atoms with Crippen molar-refractivity contribution in [3.8, 4) is 0 Å². The van der Waals surface area contributed by atoms with Crippen LogP contribution in [0.25, 0.3) is 0 Å². The minimum absolute atomic E-state index is 0.163. The molecule has 0 unspecified atom stereocenters. The third-order valence-corrected chi connectivity index (χ3v) is 7.21. The molecule has 1 aliphatic heterocycles. The predicted molar refractivity (Wildman–Crippen MR) is 102 cm³/mol. The number of anilines is 1. The zero-order chi connectivity index (χ0) is 19.0. The van der Waals surface area contributed by atoms with Crippen LogP contribution in [0.1, 0.15) is 20.9 Å². The molecule has 1 amide bonds. The quantitative estimate of drug-likeness (QED) is 0.694. The zero-order valence-electron chi connectivity index (χ0n) is 13.9. The standard InChI is InChI=1S/C17H14ClN3O4S2/c18-12-2-1-3-13(8-12)27(23,24)21-6-4-14-15(9-21)26-17(19-14)20-16(22)11-5-7-25-10-11/h1-3,5,7-8,10H,4,6,9H2,(H,19,20,22). The van der Waals surface area contributed by atoms with Crippen molar-refractivity contribution in [3.05, 3.63) is 64.0 Å². The lowest BCUT2D eigenvalue weighted by Gasteiger charge is -2.25. The number of sulfonamides is 1. The maximum Gasteiger partial charge on any atom is 0.260 e. The maximum atomic E-state index is 12.9. The number of nitrogens with one attached hydrogen (secondary N) is 1. The molecule has 0 aliphatic carbocycles. The average Bonchev–Trinajstić information content (AvgIpc) is 3.30. The Morgan fingerprint density at radius 1 is 1.33 bits per heavy atom. The van der Waals surface area contributed by atoms with Crippen molar-refractivity contribution in [2.75, 3.05) is 11.9 Å². The Morgan fingerprint density at radius 3 is 2.93 bits per heavy atom. The van der Waals surface area contributed by atoms with Crippen molar-refractivity contribution in [2.24, 2.45) is 0 Å². The Morgan fingerprint density at radius 2 is 2.19 bits per heavy atom. The second-order valence-electron chi connectivity index (χ2n) is 5.90. The van der Waals surface area contributed by atoms with Gasteiger partial charge in [0.15, 0.2) is 5.13 Å². The van der Waals surface area contributed by atoms with Gasteiger partial charge in [-0.3, -0.25) is 10.1 Å². The van der Waals surface area contributed by atoms with Gasteiger partial charge in [-0.05, 0) is 24.3 Å². The summed E-state index contributed by atoms with van der Waals surface area (Å²) in [4.78, 5) is 17.5. The fourth-order valence-electron chi connectivity index (χ4n) is 2.77. The van der Waals surface area contributed by atoms with Crippen LogP contribution in [0.3, 0.4) is 0 Å². The summed E-state index contributed by atoms with van der Waals surface area (Å²) in [5, 5.41) is 3.53. The molecular formula is C17H14ClN3O4S2. The summed E-state index contributed by atoms with van der Waals surface area (Å²) in [6.07, 6.45) is 3.25. The molecular weight excluding hydrogens is 410 g/mol. The highest BCUT2D eigenvalue weighted by Crippen LogP contribution is 2.31. The van der Waals surface area contributed by atoms with Gasteiger partial charge in [0, 0.05) is 22.9 Å². The van der Waals surface area contributed by atoms with Crippen LogP contribution in [0.2, 0.25) is 5.02 Å². The normalized spacial score (nSPS) is 14.7. The van der Waals surface area contributed by atoms with E-state index < -0.39 is 10.0 Å². The molecule has 0 fully saturated rings. The molecule has 0 atom stereocenters. The molecule has 1 aromatic carbocycles. The Hall–Kier alpha value is -2.20. The summed E-state index contributed by atoms with van der Waals surface area (Å²) in [6.45, 7) is 0.532. The van der Waals surface area contributed by atoms with Gasteiger partial charge in [0.1, 0.15) is 6.26 Å². The lowest BCUT2D eigenvalue weighted by Crippen LogP contribution is -2.35. The molecule has 7 nitrogen and oxygen atoms in total. The van der Waals surface area contributed by atoms with Crippen molar-refractivity contribution in [1.29, 1.82) is 0 Å². The monoisotopic (exact) mass is 423 g/mol. The summed E-state index contributed by atoms with van der Waals surface area (Å²) in [5.41, 5.74) is 1.20. The van der Waals surface area contributed by atoms with Crippen LogP contribution in [-0.4, -0.2) is 30.2 Å². The average molecular weight is 424 g/mol. The number of nitrogens with zero attached hydrogens (tertiary/aromatic N) is 2. The first kappa shape index (κ1) is 18.2. The molecule has 0 bridgehead atoms. The molecule has 0 saturated heterocycles. The molecule has 2 aromatic heterocycles. The summed E-state index contributed by atoms with van der Waals surface area (Å²) < 4.78 is 32.0. The molecule has 1 N–H and O–H groups in total. The number of thiazole rings is 1. The molecule has 10 heteroatoms. The van der Waals surface area contributed by atoms with E-state index in [2.05, 4.69) is 10.3 Å². The molecule has 0 saturated carbocycles. The van der Waals surface area contributed by atoms with Crippen LogP contribution in [0, 0.1) is 0 Å². The number of benzene rings is 1. The van der Waals surface area contributed by atoms with Gasteiger partial charge in [-0.15, -0.1) is 11.3 Å². The van der Waals surface area contributed by atoms with E-state index in [1.165, 1.54) is 40.3 Å². The number of hydrogen-bond donors (Lipinski definition) is 1. The molecule has 1 aliphatic rings. The number of halogens is 1. The van der Waals surface area contributed by atoms with E-state index in [1.807, 2.05) is 0 Å². The van der Waals surface area contributed by atoms with Gasteiger partial charge >= 0.3 is 0 Å². The van der Waals surface area contributed by atoms with Gasteiger partial charge in [0.2, 0.25) is 10.0 Å². The van der Waals surface area contributed by atoms with E-state index in [4.69, 9.17) is 16.0 Å². The number of aromatic nitrogens is 1. The van der Waals surface area contributed by atoms with E-state index in [0.29, 0.717) is 28.7 Å². The van der Waals surface area contributed by atoms with Crippen molar-refractivity contribution >= 4 is 44.0 Å². The summed E-state index contributed by atoms with van der Waals surface area (Å²) in [6, 6.07) is 7.77. The van der Waals surface area contributed by atoms with Crippen molar-refractivity contribution < 1.29 is 17.6 Å². The molecule has 4 rings (SSSR count). The molecule has 3 heterocycles. The summed E-state index contributed by atoms with van der Waals surface area (Å²) in [5.74, 6) is -0.321. The highest BCUT2D eigenvalue weighted by atomic mass is 35.5. The van der Waals surface area contributed by atoms with Crippen LogP contribution in [0.4, 0.5) is 5.13 Å². The van der Waals surface area contributed by atoms with Crippen LogP contribution in [0.5, 0.6) is 0 Å². The van der Waals surface area contributed by atoms with E-state index in [1.54, 1.807) is 18.2 Å². The van der Waals surface area contributed by atoms with Crippen molar-refractivity contribution in [1.82, 2.24) is 9.29 Å². The first-order valence-corrected chi connectivity index (χ1v) is 10.6. The number of hydrogen-bond acceptors (Lipinski definition) is 6. The SMILES string of the molecule is O=C(Nc1nc2c(s1)CN(S(=O)(=O)c1cccc(Cl)c1)CC2)c1ccoc1. The number of carbonyl (C=O) groups excluding carboxylic acids is 1. The highest BCUT2D eigenvalue weighted by Gasteiger charge is 2.30. The van der Waals surface area contributed by atoms with Gasteiger partial charge in [-0.1, -0.05) is 17.7 Å². The Labute approximate surface area is 164 Å². The third kappa shape index (κ3) is 3.63. The number of furan rings is 1. The molecule has 0 radical (unpaired) electrons. The zero-order valence-corrected chi connectivity index (χ0v) is 16.3. The summed E-state index contributed by atoms with van der Waals surface area (Å²) in [7, 11) is -3.65. The number of carbonyl (C=O) groups is 1. The fraction of sp³-hybridized carbons (Fsp3) is 0.176. The Balaban J connectivity index is 1.53. The maximum absolute atomic E-state index is 12.9. The highest BCUT2D eigenvalue weighted by molar-refractivity contribution is 7.89. The molecule has 3 aromatic rings. The third-order valence-electron chi connectivity index (χ3n) is 4.13. The van der Waals surface area contributed by atoms with Crippen molar-refractivity contribution in [3.63, 3.8) is 0 Å². The van der Waals surface area contributed by atoms with E-state index >= 15 is 0 Å². The van der Waals surface area contributed by atoms with Gasteiger partial charge in [0.25, 0.3) is 5.91 Å².